The highest BCUT2D eigenvalue weighted by Gasteiger charge is 2.10. The Hall–Kier alpha value is -0.810. The third-order valence-electron chi connectivity index (χ3n) is 3.76. The number of hydrogen-bond acceptors (Lipinski definition) is 3. The lowest BCUT2D eigenvalue weighted by Crippen LogP contribution is -2.37. The van der Waals surface area contributed by atoms with Gasteiger partial charge < -0.3 is 11.1 Å². The van der Waals surface area contributed by atoms with Crippen molar-refractivity contribution in [3.63, 3.8) is 0 Å². The molecule has 22 heavy (non-hydrogen) atoms. The van der Waals surface area contributed by atoms with E-state index in [4.69, 9.17) is 5.73 Å². The molecule has 0 saturated carbocycles. The summed E-state index contributed by atoms with van der Waals surface area (Å²) in [6, 6.07) is 8.03. The normalized spacial score (nSPS) is 16.1. The third-order valence-corrected chi connectivity index (χ3v) is 3.76. The second kappa shape index (κ2) is 10.8. The van der Waals surface area contributed by atoms with E-state index in [0.717, 1.165) is 12.1 Å². The Bertz CT molecular complexity index is 432. The van der Waals surface area contributed by atoms with Crippen molar-refractivity contribution >= 4 is 30.7 Å². The Balaban J connectivity index is 0.00000220. The first-order chi connectivity index (χ1) is 9.65. The molecule has 0 aromatic heterocycles. The van der Waals surface area contributed by atoms with Gasteiger partial charge >= 0.3 is 0 Å². The van der Waals surface area contributed by atoms with Crippen LogP contribution in [0.25, 0.3) is 0 Å². The van der Waals surface area contributed by atoms with Crippen LogP contribution in [-0.4, -0.2) is 29.9 Å². The van der Waals surface area contributed by atoms with Gasteiger partial charge in [-0.05, 0) is 44.0 Å². The number of nitrogens with zero attached hydrogens (tertiary/aromatic N) is 1. The largest absolute Gasteiger partial charge is 0.351 e. The van der Waals surface area contributed by atoms with E-state index in [1.165, 1.54) is 37.9 Å². The fourth-order valence-corrected chi connectivity index (χ4v) is 2.49. The van der Waals surface area contributed by atoms with Gasteiger partial charge in [0.2, 0.25) is 5.91 Å². The van der Waals surface area contributed by atoms with Gasteiger partial charge in [0, 0.05) is 13.1 Å². The lowest BCUT2D eigenvalue weighted by molar-refractivity contribution is -0.122. The van der Waals surface area contributed by atoms with E-state index in [1.54, 1.807) is 6.92 Å². The van der Waals surface area contributed by atoms with E-state index in [0.29, 0.717) is 6.54 Å². The molecular weight excluding hydrogens is 321 g/mol. The van der Waals surface area contributed by atoms with Gasteiger partial charge in [0.25, 0.3) is 0 Å². The summed E-state index contributed by atoms with van der Waals surface area (Å²) in [7, 11) is 0. The van der Waals surface area contributed by atoms with E-state index in [-0.39, 0.29) is 30.7 Å². The second-order valence-electron chi connectivity index (χ2n) is 5.66. The number of likely N-dealkylation sites (tertiary alicyclic amines) is 1. The van der Waals surface area contributed by atoms with Crippen LogP contribution >= 0.6 is 24.8 Å². The minimum absolute atomic E-state index is 0. The Morgan fingerprint density at radius 2 is 1.68 bits per heavy atom. The Morgan fingerprint density at radius 1 is 1.14 bits per heavy atom. The van der Waals surface area contributed by atoms with Crippen LogP contribution in [0.3, 0.4) is 0 Å². The minimum Gasteiger partial charge on any atom is -0.351 e. The molecule has 1 aliphatic heterocycles. The van der Waals surface area contributed by atoms with Crippen molar-refractivity contribution < 1.29 is 4.79 Å². The van der Waals surface area contributed by atoms with Gasteiger partial charge in [0.05, 0.1) is 6.04 Å². The lowest BCUT2D eigenvalue weighted by Gasteiger charge is -2.26. The van der Waals surface area contributed by atoms with E-state index in [2.05, 4.69) is 34.5 Å². The summed E-state index contributed by atoms with van der Waals surface area (Å²) >= 11 is 0. The van der Waals surface area contributed by atoms with Crippen LogP contribution in [0.4, 0.5) is 0 Å². The van der Waals surface area contributed by atoms with Crippen LogP contribution in [-0.2, 0) is 17.9 Å². The number of nitrogens with two attached hydrogens (primary N) is 1. The van der Waals surface area contributed by atoms with Crippen LogP contribution in [0.5, 0.6) is 0 Å². The van der Waals surface area contributed by atoms with Gasteiger partial charge in [0.1, 0.15) is 0 Å². The molecule has 6 heteroatoms. The lowest BCUT2D eigenvalue weighted by atomic mass is 10.1. The predicted molar refractivity (Wildman–Crippen MR) is 95.6 cm³/mol. The number of halogens is 2. The summed E-state index contributed by atoms with van der Waals surface area (Å²) in [6.45, 7) is 5.70. The number of carbonyl (C=O) groups is 1. The topological polar surface area (TPSA) is 58.4 Å². The molecule has 1 amide bonds. The first kappa shape index (κ1) is 21.2. The van der Waals surface area contributed by atoms with E-state index in [9.17, 15) is 4.79 Å². The number of piperidine rings is 1. The fourth-order valence-electron chi connectivity index (χ4n) is 2.49. The summed E-state index contributed by atoms with van der Waals surface area (Å²) in [5.41, 5.74) is 7.96. The maximum absolute atomic E-state index is 11.4. The zero-order valence-corrected chi connectivity index (χ0v) is 14.7. The molecule has 1 aromatic rings. The number of amides is 1. The highest BCUT2D eigenvalue weighted by atomic mass is 35.5. The number of rotatable bonds is 5. The molecule has 0 aliphatic carbocycles. The molecule has 1 atom stereocenters. The smallest absolute Gasteiger partial charge is 0.236 e. The van der Waals surface area contributed by atoms with Gasteiger partial charge in [-0.25, -0.2) is 0 Å². The highest BCUT2D eigenvalue weighted by molar-refractivity contribution is 5.85. The number of carbonyl (C=O) groups excluding carboxylic acids is 1. The number of benzene rings is 1. The maximum atomic E-state index is 11.4. The van der Waals surface area contributed by atoms with Crippen molar-refractivity contribution in [2.24, 2.45) is 5.73 Å². The molecular formula is C16H27Cl2N3O. The molecule has 4 nitrogen and oxygen atoms in total. The standard InChI is InChI=1S/C16H25N3O.2ClH/c1-13(17)16(20)18-11-14-5-7-15(8-6-14)12-19-9-3-2-4-10-19;;/h5-8,13H,2-4,9-12,17H2,1H3,(H,18,20);2*1H/t13-;;/m0../s1. The molecule has 1 heterocycles. The fraction of sp³-hybridized carbons (Fsp3) is 0.562. The summed E-state index contributed by atoms with van der Waals surface area (Å²) in [4.78, 5) is 13.9. The van der Waals surface area contributed by atoms with Crippen molar-refractivity contribution in [2.45, 2.75) is 45.3 Å². The SMILES string of the molecule is C[C@H](N)C(=O)NCc1ccc(CN2CCCCC2)cc1.Cl.Cl. The zero-order valence-electron chi connectivity index (χ0n) is 13.1. The quantitative estimate of drug-likeness (QED) is 0.860. The van der Waals surface area contributed by atoms with Crippen molar-refractivity contribution in [1.82, 2.24) is 10.2 Å². The van der Waals surface area contributed by atoms with Gasteiger partial charge in [-0.1, -0.05) is 30.7 Å². The van der Waals surface area contributed by atoms with Gasteiger partial charge in [-0.3, -0.25) is 9.69 Å². The molecule has 0 spiro atoms. The molecule has 1 aliphatic rings. The molecule has 1 fully saturated rings. The van der Waals surface area contributed by atoms with Crippen LogP contribution in [0.15, 0.2) is 24.3 Å². The molecule has 126 valence electrons. The average Bonchev–Trinajstić information content (AvgIpc) is 2.47. The predicted octanol–water partition coefficient (Wildman–Crippen LogP) is 2.48. The van der Waals surface area contributed by atoms with Crippen molar-refractivity contribution in [2.75, 3.05) is 13.1 Å². The van der Waals surface area contributed by atoms with E-state index in [1.807, 2.05) is 0 Å². The molecule has 3 N–H and O–H groups in total. The van der Waals surface area contributed by atoms with Gasteiger partial charge in [0.15, 0.2) is 0 Å². The summed E-state index contributed by atoms with van der Waals surface area (Å²) in [6.07, 6.45) is 4.01. The van der Waals surface area contributed by atoms with Crippen LogP contribution in [0, 0.1) is 0 Å². The van der Waals surface area contributed by atoms with Crippen molar-refractivity contribution in [1.29, 1.82) is 0 Å². The zero-order chi connectivity index (χ0) is 14.4. The Kier molecular flexibility index (Phi) is 10.4. The maximum Gasteiger partial charge on any atom is 0.236 e. The summed E-state index contributed by atoms with van der Waals surface area (Å²) < 4.78 is 0. The molecule has 2 rings (SSSR count). The Morgan fingerprint density at radius 3 is 2.23 bits per heavy atom. The van der Waals surface area contributed by atoms with Crippen molar-refractivity contribution in [3.05, 3.63) is 35.4 Å². The van der Waals surface area contributed by atoms with Crippen LogP contribution in [0.2, 0.25) is 0 Å². The average molecular weight is 348 g/mol. The molecule has 1 aromatic carbocycles. The van der Waals surface area contributed by atoms with E-state index < -0.39 is 6.04 Å². The molecule has 0 unspecified atom stereocenters. The second-order valence-corrected chi connectivity index (χ2v) is 5.66. The first-order valence-electron chi connectivity index (χ1n) is 7.48. The number of hydrogen-bond donors (Lipinski definition) is 2. The summed E-state index contributed by atoms with van der Waals surface area (Å²) in [5.74, 6) is -0.109. The van der Waals surface area contributed by atoms with Gasteiger partial charge in [-0.2, -0.15) is 0 Å². The molecule has 0 radical (unpaired) electrons. The number of nitrogens with one attached hydrogen (secondary N) is 1. The third kappa shape index (κ3) is 6.97. The van der Waals surface area contributed by atoms with Crippen LogP contribution < -0.4 is 11.1 Å². The Labute approximate surface area is 145 Å². The molecule has 0 bridgehead atoms. The van der Waals surface area contributed by atoms with Crippen LogP contribution in [0.1, 0.15) is 37.3 Å². The highest BCUT2D eigenvalue weighted by Crippen LogP contribution is 2.13. The first-order valence-corrected chi connectivity index (χ1v) is 7.48. The monoisotopic (exact) mass is 347 g/mol. The van der Waals surface area contributed by atoms with Crippen molar-refractivity contribution in [3.8, 4) is 0 Å². The summed E-state index contributed by atoms with van der Waals surface area (Å²) in [5, 5.41) is 2.82. The molecule has 1 saturated heterocycles. The van der Waals surface area contributed by atoms with E-state index >= 15 is 0 Å². The van der Waals surface area contributed by atoms with Gasteiger partial charge in [-0.15, -0.1) is 24.8 Å². The minimum atomic E-state index is -0.451.